The molecule has 0 bridgehead atoms. The summed E-state index contributed by atoms with van der Waals surface area (Å²) < 4.78 is 62.9. The fraction of sp³-hybridized carbons (Fsp3) is 0.511. The number of carboxylic acid groups (broad SMARTS) is 2. The van der Waals surface area contributed by atoms with Crippen molar-refractivity contribution in [3.8, 4) is 11.3 Å². The molecule has 68 heavy (non-hydrogen) atoms. The molecule has 0 aliphatic rings. The van der Waals surface area contributed by atoms with Crippen LogP contribution in [0.4, 0.5) is 22.0 Å². The van der Waals surface area contributed by atoms with Crippen molar-refractivity contribution < 1.29 is 65.7 Å². The van der Waals surface area contributed by atoms with E-state index in [1.165, 1.54) is 13.8 Å². The number of nitrogens with zero attached hydrogens (tertiary/aromatic N) is 3. The summed E-state index contributed by atoms with van der Waals surface area (Å²) in [5.74, 6) is -7.65. The van der Waals surface area contributed by atoms with E-state index in [2.05, 4.69) is 37.2 Å². The van der Waals surface area contributed by atoms with E-state index in [4.69, 9.17) is 20.6 Å². The Morgan fingerprint density at radius 3 is 2.01 bits per heavy atom. The SMILES string of the molecule is CC(=O)N(CC[C@H](N)C(=O)NCCCC[C@H](NC(=O)[C@H](C)NC(=O)[C@@H](NC(=O)CBr)C(C)C)C(=O)O)[C@@H](c1nc(-c2cc(F)ccc2F)cn1Cc1ccccc1)C(C)(C)C.O=C(O)C(F)(F)F. The number of alkyl halides is 4. The molecule has 5 amide bonds. The number of carboxylic acids is 2. The van der Waals surface area contributed by atoms with E-state index in [-0.39, 0.29) is 54.3 Å². The van der Waals surface area contributed by atoms with Crippen LogP contribution < -0.4 is 27.0 Å². The van der Waals surface area contributed by atoms with Crippen LogP contribution in [0.1, 0.15) is 91.6 Å². The number of amides is 5. The number of benzene rings is 2. The van der Waals surface area contributed by atoms with Gasteiger partial charge in [-0.3, -0.25) is 24.0 Å². The molecule has 5 atom stereocenters. The van der Waals surface area contributed by atoms with E-state index in [0.717, 1.165) is 23.8 Å². The van der Waals surface area contributed by atoms with Gasteiger partial charge in [-0.1, -0.05) is 80.9 Å². The maximum absolute atomic E-state index is 15.0. The van der Waals surface area contributed by atoms with Crippen LogP contribution in [-0.2, 0) is 40.1 Å². The number of unbranched alkanes of at least 4 members (excludes halogenated alkanes) is 1. The normalized spacial score (nSPS) is 13.7. The first-order valence-corrected chi connectivity index (χ1v) is 22.6. The van der Waals surface area contributed by atoms with Gasteiger partial charge in [0, 0.05) is 38.3 Å². The van der Waals surface area contributed by atoms with Crippen LogP contribution in [0.3, 0.4) is 0 Å². The van der Waals surface area contributed by atoms with Gasteiger partial charge in [-0.15, -0.1) is 0 Å². The van der Waals surface area contributed by atoms with Crippen molar-refractivity contribution in [3.63, 3.8) is 0 Å². The van der Waals surface area contributed by atoms with Crippen molar-refractivity contribution in [3.05, 3.63) is 77.8 Å². The molecule has 1 aromatic heterocycles. The second-order valence-electron chi connectivity index (χ2n) is 17.2. The van der Waals surface area contributed by atoms with Gasteiger partial charge in [0.25, 0.3) is 0 Å². The Hall–Kier alpha value is -5.97. The topological polar surface area (TPSA) is 255 Å². The molecule has 3 aromatic rings. The summed E-state index contributed by atoms with van der Waals surface area (Å²) >= 11 is 3.03. The molecule has 0 aliphatic heterocycles. The second kappa shape index (κ2) is 26.5. The number of halogens is 6. The highest BCUT2D eigenvalue weighted by atomic mass is 79.9. The Kier molecular flexibility index (Phi) is 22.7. The first-order chi connectivity index (χ1) is 31.6. The summed E-state index contributed by atoms with van der Waals surface area (Å²) in [4.78, 5) is 91.1. The zero-order chi connectivity index (χ0) is 51.7. The van der Waals surface area contributed by atoms with Crippen LogP contribution in [0, 0.1) is 23.0 Å². The average Bonchev–Trinajstić information content (AvgIpc) is 3.65. The molecule has 2 aromatic carbocycles. The molecule has 17 nitrogen and oxygen atoms in total. The lowest BCUT2D eigenvalue weighted by Crippen LogP contribution is -2.56. The predicted octanol–water partition coefficient (Wildman–Crippen LogP) is 5.06. The minimum Gasteiger partial charge on any atom is -0.480 e. The highest BCUT2D eigenvalue weighted by Gasteiger charge is 2.39. The summed E-state index contributed by atoms with van der Waals surface area (Å²) in [6.45, 7) is 12.6. The average molecular weight is 1030 g/mol. The number of rotatable bonds is 22. The van der Waals surface area contributed by atoms with Gasteiger partial charge in [0.1, 0.15) is 35.6 Å². The Balaban J connectivity index is 0.00000209. The van der Waals surface area contributed by atoms with Crippen LogP contribution >= 0.6 is 15.9 Å². The predicted molar refractivity (Wildman–Crippen MR) is 244 cm³/mol. The van der Waals surface area contributed by atoms with Crippen molar-refractivity contribution in [1.82, 2.24) is 35.7 Å². The first kappa shape index (κ1) is 58.2. The highest BCUT2D eigenvalue weighted by molar-refractivity contribution is 9.09. The van der Waals surface area contributed by atoms with Gasteiger partial charge in [0.05, 0.1) is 23.1 Å². The Morgan fingerprint density at radius 2 is 1.49 bits per heavy atom. The lowest BCUT2D eigenvalue weighted by atomic mass is 9.84. The smallest absolute Gasteiger partial charge is 0.480 e. The van der Waals surface area contributed by atoms with Crippen LogP contribution in [-0.4, -0.2) is 115 Å². The van der Waals surface area contributed by atoms with E-state index in [9.17, 15) is 51.4 Å². The highest BCUT2D eigenvalue weighted by Crippen LogP contribution is 2.39. The molecule has 0 spiro atoms. The third-order valence-electron chi connectivity index (χ3n) is 10.2. The number of aliphatic carboxylic acids is 2. The first-order valence-electron chi connectivity index (χ1n) is 21.4. The molecule has 0 aliphatic carbocycles. The molecule has 376 valence electrons. The van der Waals surface area contributed by atoms with Crippen LogP contribution in [0.15, 0.2) is 54.7 Å². The lowest BCUT2D eigenvalue weighted by molar-refractivity contribution is -0.192. The molecular formula is C45H60BrF5N8O9. The molecule has 3 rings (SSSR count). The van der Waals surface area contributed by atoms with E-state index in [1.807, 2.05) is 55.7 Å². The number of nitrogens with two attached hydrogens (primary N) is 1. The molecule has 8 N–H and O–H groups in total. The summed E-state index contributed by atoms with van der Waals surface area (Å²) in [5.41, 5.74) is 6.78. The number of nitrogens with one attached hydrogen (secondary N) is 4. The minimum absolute atomic E-state index is 0.00700. The zero-order valence-electron chi connectivity index (χ0n) is 38.8. The van der Waals surface area contributed by atoms with Crippen LogP contribution in [0.5, 0.6) is 0 Å². The third kappa shape index (κ3) is 18.6. The maximum atomic E-state index is 15.0. The molecule has 0 fully saturated rings. The minimum atomic E-state index is -5.08. The maximum Gasteiger partial charge on any atom is 0.490 e. The summed E-state index contributed by atoms with van der Waals surface area (Å²) in [6, 6.07) is 7.68. The van der Waals surface area contributed by atoms with Crippen molar-refractivity contribution in [2.45, 2.75) is 117 Å². The summed E-state index contributed by atoms with van der Waals surface area (Å²) in [7, 11) is 0. The number of imidazole rings is 1. The Labute approximate surface area is 399 Å². The van der Waals surface area contributed by atoms with E-state index < -0.39 is 89.0 Å². The van der Waals surface area contributed by atoms with Crippen LogP contribution in [0.2, 0.25) is 0 Å². The standard InChI is InChI=1S/C43H59BrF2N8O7.C2HF3O2/c1-25(2)36(52-35(56)22-44)41(59)49-26(3)39(57)51-33(42(60)61)15-11-12-19-48-40(58)32(47)18-20-54(27(4)55)37(43(5,6)7)38-50-34(30-21-29(45)16-17-31(30)46)24-53(38)23-28-13-9-8-10-14-28;3-2(4,5)1(6)7/h8-10,13-14,16-17,21,24-26,32-33,36-37H,11-12,15,18-20,22-23,47H2,1-7H3,(H,48,58)(H,49,59)(H,51,57)(H,52,56)(H,60,61);(H,6,7)/t26-,32-,33-,36-,37-;/m0./s1. The number of carbonyl (C=O) groups excluding carboxylic acids is 5. The molecule has 0 saturated carbocycles. The van der Waals surface area contributed by atoms with E-state index in [1.54, 1.807) is 24.9 Å². The van der Waals surface area contributed by atoms with Gasteiger partial charge in [-0.2, -0.15) is 13.2 Å². The Morgan fingerprint density at radius 1 is 0.868 bits per heavy atom. The second-order valence-corrected chi connectivity index (χ2v) is 17.8. The lowest BCUT2D eigenvalue weighted by Gasteiger charge is -2.40. The Bertz CT molecular complexity index is 2210. The summed E-state index contributed by atoms with van der Waals surface area (Å²) in [5, 5.41) is 27.1. The summed E-state index contributed by atoms with van der Waals surface area (Å²) in [6.07, 6.45) is -2.66. The zero-order valence-corrected chi connectivity index (χ0v) is 40.3. The van der Waals surface area contributed by atoms with Gasteiger partial charge in [-0.05, 0) is 67.7 Å². The molecule has 0 unspecified atom stereocenters. The van der Waals surface area contributed by atoms with Gasteiger partial charge < -0.3 is 46.7 Å². The number of hydrogen-bond donors (Lipinski definition) is 7. The van der Waals surface area contributed by atoms with E-state index in [0.29, 0.717) is 25.2 Å². The van der Waals surface area contributed by atoms with Crippen molar-refractivity contribution >= 4 is 57.4 Å². The van der Waals surface area contributed by atoms with Crippen LogP contribution in [0.25, 0.3) is 11.3 Å². The van der Waals surface area contributed by atoms with Gasteiger partial charge >= 0.3 is 18.1 Å². The third-order valence-corrected chi connectivity index (χ3v) is 10.7. The molecule has 0 saturated heterocycles. The number of aromatic nitrogens is 2. The number of hydrogen-bond acceptors (Lipinski definition) is 9. The fourth-order valence-corrected chi connectivity index (χ4v) is 6.90. The van der Waals surface area contributed by atoms with Crippen molar-refractivity contribution in [2.75, 3.05) is 18.4 Å². The number of carbonyl (C=O) groups is 7. The van der Waals surface area contributed by atoms with Crippen molar-refractivity contribution in [1.29, 1.82) is 0 Å². The van der Waals surface area contributed by atoms with E-state index >= 15 is 4.39 Å². The fourth-order valence-electron chi connectivity index (χ4n) is 6.74. The van der Waals surface area contributed by atoms with Gasteiger partial charge in [-0.25, -0.2) is 23.4 Å². The van der Waals surface area contributed by atoms with Gasteiger partial charge in [0.2, 0.25) is 29.5 Å². The monoisotopic (exact) mass is 1030 g/mol. The van der Waals surface area contributed by atoms with Gasteiger partial charge in [0.15, 0.2) is 0 Å². The van der Waals surface area contributed by atoms with Crippen molar-refractivity contribution in [2.24, 2.45) is 17.1 Å². The molecule has 0 radical (unpaired) electrons. The largest absolute Gasteiger partial charge is 0.490 e. The molecule has 1 heterocycles. The molecular weight excluding hydrogens is 971 g/mol. The quantitative estimate of drug-likeness (QED) is 0.0398. The molecule has 23 heteroatoms.